The number of hydrogen-bond acceptors (Lipinski definition) is 5. The van der Waals surface area contributed by atoms with Crippen molar-refractivity contribution in [1.29, 1.82) is 0 Å². The molecule has 5 nitrogen and oxygen atoms in total. The molecule has 1 aromatic heterocycles. The average molecular weight is 307 g/mol. The fourth-order valence-corrected chi connectivity index (χ4v) is 3.20. The van der Waals surface area contributed by atoms with Gasteiger partial charge in [-0.25, -0.2) is 0 Å². The number of amides is 1. The van der Waals surface area contributed by atoms with E-state index in [1.54, 1.807) is 0 Å². The van der Waals surface area contributed by atoms with Crippen LogP contribution in [0.5, 0.6) is 0 Å². The van der Waals surface area contributed by atoms with Crippen LogP contribution in [0.15, 0.2) is 27.0 Å². The van der Waals surface area contributed by atoms with Crippen LogP contribution in [-0.2, 0) is 4.74 Å². The lowest BCUT2D eigenvalue weighted by Crippen LogP contribution is -2.48. The van der Waals surface area contributed by atoms with Gasteiger partial charge in [-0.05, 0) is 30.7 Å². The Hall–Kier alpha value is -1.53. The highest BCUT2D eigenvalue weighted by molar-refractivity contribution is 7.08. The van der Waals surface area contributed by atoms with Crippen molar-refractivity contribution in [2.45, 2.75) is 32.2 Å². The minimum absolute atomic E-state index is 0.0722. The van der Waals surface area contributed by atoms with E-state index in [2.05, 4.69) is 22.2 Å². The van der Waals surface area contributed by atoms with Crippen LogP contribution in [-0.4, -0.2) is 37.6 Å². The second-order valence-corrected chi connectivity index (χ2v) is 5.81. The molecule has 0 aliphatic carbocycles. The number of nitrogens with zero attached hydrogens (tertiary/aromatic N) is 2. The Labute approximate surface area is 129 Å². The summed E-state index contributed by atoms with van der Waals surface area (Å²) < 4.78 is 5.56. The summed E-state index contributed by atoms with van der Waals surface area (Å²) in [6.45, 7) is 6.87. The third kappa shape index (κ3) is 4.22. The minimum atomic E-state index is -0.145. The first-order chi connectivity index (χ1) is 10.3. The zero-order chi connectivity index (χ0) is 15.1. The Kier molecular flexibility index (Phi) is 6.07. The molecule has 1 amide bonds. The van der Waals surface area contributed by atoms with Crippen LogP contribution in [0.2, 0.25) is 0 Å². The first-order valence-electron chi connectivity index (χ1n) is 7.19. The van der Waals surface area contributed by atoms with Crippen molar-refractivity contribution < 1.29 is 9.53 Å². The van der Waals surface area contributed by atoms with Crippen LogP contribution in [0.4, 0.5) is 0 Å². The lowest BCUT2D eigenvalue weighted by Gasteiger charge is -2.31. The summed E-state index contributed by atoms with van der Waals surface area (Å²) in [5.41, 5.74) is 1.54. The Morgan fingerprint density at radius 1 is 1.67 bits per heavy atom. The maximum absolute atomic E-state index is 12.3. The molecule has 0 saturated carbocycles. The maximum atomic E-state index is 12.3. The largest absolute Gasteiger partial charge is 0.381 e. The predicted octanol–water partition coefficient (Wildman–Crippen LogP) is 2.74. The molecule has 2 unspecified atom stereocenters. The first kappa shape index (κ1) is 15.9. The van der Waals surface area contributed by atoms with E-state index < -0.39 is 0 Å². The molecule has 1 saturated heterocycles. The van der Waals surface area contributed by atoms with Crippen molar-refractivity contribution in [3.63, 3.8) is 0 Å². The molecule has 0 radical (unpaired) electrons. The fraction of sp³-hybridized carbons (Fsp3) is 0.533. The number of ether oxygens (including phenoxy) is 1. The Bertz CT molecular complexity index is 493. The standard InChI is InChI=1S/C15H21N3O2S/c1-3-13(18-16-2)14(11-5-4-7-20-9-11)17-15(19)12-6-8-21-10-12/h6,8,10-11,14H,2-5,7,9H2,1H3,(H,17,19)/b18-13-. The highest BCUT2D eigenvalue weighted by atomic mass is 32.1. The van der Waals surface area contributed by atoms with E-state index in [0.717, 1.165) is 31.6 Å². The van der Waals surface area contributed by atoms with Gasteiger partial charge in [0.1, 0.15) is 0 Å². The van der Waals surface area contributed by atoms with Crippen LogP contribution in [0, 0.1) is 5.92 Å². The van der Waals surface area contributed by atoms with Crippen molar-refractivity contribution in [2.24, 2.45) is 16.1 Å². The molecule has 0 aromatic carbocycles. The van der Waals surface area contributed by atoms with Crippen LogP contribution in [0.25, 0.3) is 0 Å². The van der Waals surface area contributed by atoms with E-state index in [1.165, 1.54) is 11.3 Å². The molecule has 1 aliphatic heterocycles. The van der Waals surface area contributed by atoms with E-state index >= 15 is 0 Å². The smallest absolute Gasteiger partial charge is 0.252 e. The quantitative estimate of drug-likeness (QED) is 0.649. The summed E-state index contributed by atoms with van der Waals surface area (Å²) in [5, 5.41) is 14.6. The predicted molar refractivity (Wildman–Crippen MR) is 86.4 cm³/mol. The van der Waals surface area contributed by atoms with Crippen LogP contribution < -0.4 is 5.32 Å². The van der Waals surface area contributed by atoms with Gasteiger partial charge < -0.3 is 10.1 Å². The summed E-state index contributed by atoms with van der Waals surface area (Å²) in [5.74, 6) is 0.166. The fourth-order valence-electron chi connectivity index (χ4n) is 2.56. The summed E-state index contributed by atoms with van der Waals surface area (Å²) in [6, 6.07) is 1.68. The van der Waals surface area contributed by atoms with Gasteiger partial charge in [0.15, 0.2) is 0 Å². The van der Waals surface area contributed by atoms with E-state index in [0.29, 0.717) is 12.2 Å². The van der Waals surface area contributed by atoms with Gasteiger partial charge in [0.25, 0.3) is 5.91 Å². The first-order valence-corrected chi connectivity index (χ1v) is 8.13. The van der Waals surface area contributed by atoms with Crippen molar-refractivity contribution in [3.05, 3.63) is 22.4 Å². The molecule has 1 aliphatic rings. The second-order valence-electron chi connectivity index (χ2n) is 5.03. The number of hydrogen-bond donors (Lipinski definition) is 1. The lowest BCUT2D eigenvalue weighted by atomic mass is 9.89. The summed E-state index contributed by atoms with van der Waals surface area (Å²) in [6.07, 6.45) is 2.75. The molecule has 1 fully saturated rings. The summed E-state index contributed by atoms with van der Waals surface area (Å²) in [7, 11) is 0. The van der Waals surface area contributed by atoms with E-state index in [4.69, 9.17) is 4.74 Å². The van der Waals surface area contributed by atoms with Gasteiger partial charge >= 0.3 is 0 Å². The molecule has 1 N–H and O–H groups in total. The molecule has 0 spiro atoms. The number of carbonyl (C=O) groups is 1. The van der Waals surface area contributed by atoms with Crippen molar-refractivity contribution in [2.75, 3.05) is 13.2 Å². The maximum Gasteiger partial charge on any atom is 0.252 e. The van der Waals surface area contributed by atoms with Crippen LogP contribution in [0.1, 0.15) is 36.5 Å². The van der Waals surface area contributed by atoms with Gasteiger partial charge in [-0.2, -0.15) is 21.5 Å². The molecule has 1 aromatic rings. The second kappa shape index (κ2) is 8.05. The summed E-state index contributed by atoms with van der Waals surface area (Å²) in [4.78, 5) is 12.3. The lowest BCUT2D eigenvalue weighted by molar-refractivity contribution is 0.0467. The third-order valence-corrected chi connectivity index (χ3v) is 4.34. The minimum Gasteiger partial charge on any atom is -0.381 e. The molecule has 2 atom stereocenters. The van der Waals surface area contributed by atoms with E-state index in [9.17, 15) is 4.79 Å². The van der Waals surface area contributed by atoms with Gasteiger partial charge in [0.2, 0.25) is 0 Å². The monoisotopic (exact) mass is 307 g/mol. The molecule has 6 heteroatoms. The van der Waals surface area contributed by atoms with Gasteiger partial charge in [-0.3, -0.25) is 4.79 Å². The van der Waals surface area contributed by atoms with Crippen LogP contribution in [0.3, 0.4) is 0 Å². The zero-order valence-corrected chi connectivity index (χ0v) is 13.1. The third-order valence-electron chi connectivity index (χ3n) is 3.66. The Morgan fingerprint density at radius 3 is 3.10 bits per heavy atom. The number of carbonyl (C=O) groups excluding carboxylic acids is 1. The SMILES string of the molecule is C=N/N=C(/CC)C(NC(=O)c1ccsc1)C1CCCOC1. The van der Waals surface area contributed by atoms with Gasteiger partial charge in [0.05, 0.1) is 23.9 Å². The topological polar surface area (TPSA) is 63.0 Å². The Balaban J connectivity index is 2.16. The van der Waals surface area contributed by atoms with E-state index in [1.807, 2.05) is 23.8 Å². The molecule has 2 rings (SSSR count). The number of thiophene rings is 1. The highest BCUT2D eigenvalue weighted by Gasteiger charge is 2.29. The average Bonchev–Trinajstić information content (AvgIpc) is 3.06. The van der Waals surface area contributed by atoms with E-state index in [-0.39, 0.29) is 17.9 Å². The molecule has 2 heterocycles. The molecular formula is C15H21N3O2S. The number of nitrogens with one attached hydrogen (secondary N) is 1. The molecule has 0 bridgehead atoms. The van der Waals surface area contributed by atoms with Crippen molar-refractivity contribution in [3.8, 4) is 0 Å². The van der Waals surface area contributed by atoms with Gasteiger partial charge in [-0.1, -0.05) is 6.92 Å². The highest BCUT2D eigenvalue weighted by Crippen LogP contribution is 2.20. The van der Waals surface area contributed by atoms with Crippen LogP contribution >= 0.6 is 11.3 Å². The normalized spacial score (nSPS) is 20.8. The van der Waals surface area contributed by atoms with Gasteiger partial charge in [-0.15, -0.1) is 0 Å². The molecule has 21 heavy (non-hydrogen) atoms. The van der Waals surface area contributed by atoms with Crippen molar-refractivity contribution in [1.82, 2.24) is 5.32 Å². The molecular weight excluding hydrogens is 286 g/mol. The molecule has 114 valence electrons. The zero-order valence-electron chi connectivity index (χ0n) is 12.2. The van der Waals surface area contributed by atoms with Crippen molar-refractivity contribution >= 4 is 29.7 Å². The number of rotatable bonds is 6. The van der Waals surface area contributed by atoms with Gasteiger partial charge in [0, 0.05) is 24.6 Å². The summed E-state index contributed by atoms with van der Waals surface area (Å²) >= 11 is 1.51. The Morgan fingerprint density at radius 2 is 2.52 bits per heavy atom.